The fraction of sp³-hybridized carbons (Fsp3) is 0.300. The van der Waals surface area contributed by atoms with Crippen LogP contribution >= 0.6 is 0 Å². The van der Waals surface area contributed by atoms with Crippen LogP contribution in [0.25, 0.3) is 0 Å². The van der Waals surface area contributed by atoms with E-state index in [1.165, 1.54) is 0 Å². The van der Waals surface area contributed by atoms with E-state index < -0.39 is 35.1 Å². The van der Waals surface area contributed by atoms with Gasteiger partial charge in [-0.2, -0.15) is 0 Å². The Bertz CT molecular complexity index is 388. The van der Waals surface area contributed by atoms with E-state index in [9.17, 15) is 18.0 Å². The molecule has 0 aromatic heterocycles. The van der Waals surface area contributed by atoms with E-state index in [0.717, 1.165) is 0 Å². The summed E-state index contributed by atoms with van der Waals surface area (Å²) in [6, 6.07) is 0.963. The largest absolute Gasteiger partial charge is 0.459 e. The summed E-state index contributed by atoms with van der Waals surface area (Å²) in [6.45, 7) is 3.09. The number of esters is 1. The van der Waals surface area contributed by atoms with Crippen LogP contribution in [-0.4, -0.2) is 12.1 Å². The molecule has 15 heavy (non-hydrogen) atoms. The molecular weight excluding hydrogens is 209 g/mol. The van der Waals surface area contributed by atoms with Crippen LogP contribution < -0.4 is 0 Å². The summed E-state index contributed by atoms with van der Waals surface area (Å²) in [5, 5.41) is 0. The third-order valence-corrected chi connectivity index (χ3v) is 1.56. The zero-order valence-electron chi connectivity index (χ0n) is 8.18. The Balaban J connectivity index is 3.08. The van der Waals surface area contributed by atoms with Gasteiger partial charge in [0.15, 0.2) is 11.6 Å². The summed E-state index contributed by atoms with van der Waals surface area (Å²) < 4.78 is 43.1. The van der Waals surface area contributed by atoms with Gasteiger partial charge in [0.25, 0.3) is 0 Å². The van der Waals surface area contributed by atoms with Crippen LogP contribution in [-0.2, 0) is 4.74 Å². The number of carbonyl (C=O) groups excluding carboxylic acids is 1. The van der Waals surface area contributed by atoms with Crippen molar-refractivity contribution in [2.75, 3.05) is 0 Å². The SMILES string of the molecule is CC(C)OC(=O)c1cc(F)cc(F)c1F. The van der Waals surface area contributed by atoms with E-state index in [0.29, 0.717) is 12.1 Å². The van der Waals surface area contributed by atoms with Gasteiger partial charge in [0.05, 0.1) is 6.10 Å². The van der Waals surface area contributed by atoms with Crippen LogP contribution in [0.4, 0.5) is 13.2 Å². The molecule has 0 bridgehead atoms. The minimum atomic E-state index is -1.41. The van der Waals surface area contributed by atoms with Gasteiger partial charge in [-0.15, -0.1) is 0 Å². The van der Waals surface area contributed by atoms with Crippen molar-refractivity contribution in [3.63, 3.8) is 0 Å². The molecule has 82 valence electrons. The summed E-state index contributed by atoms with van der Waals surface area (Å²) >= 11 is 0. The van der Waals surface area contributed by atoms with Crippen molar-refractivity contribution >= 4 is 5.97 Å². The van der Waals surface area contributed by atoms with Crippen molar-refractivity contribution in [2.45, 2.75) is 20.0 Å². The fourth-order valence-corrected chi connectivity index (χ4v) is 0.982. The Morgan fingerprint density at radius 2 is 1.87 bits per heavy atom. The maximum Gasteiger partial charge on any atom is 0.341 e. The van der Waals surface area contributed by atoms with Crippen LogP contribution in [0.3, 0.4) is 0 Å². The predicted molar refractivity (Wildman–Crippen MR) is 46.9 cm³/mol. The maximum atomic E-state index is 13.0. The molecular formula is C10H9F3O2. The molecule has 0 amide bonds. The first-order valence-electron chi connectivity index (χ1n) is 4.27. The second-order valence-electron chi connectivity index (χ2n) is 3.20. The number of halogens is 3. The van der Waals surface area contributed by atoms with Crippen molar-refractivity contribution in [2.24, 2.45) is 0 Å². The molecule has 0 saturated heterocycles. The molecule has 0 aliphatic rings. The molecule has 0 N–H and O–H groups in total. The maximum absolute atomic E-state index is 13.0. The van der Waals surface area contributed by atoms with Gasteiger partial charge < -0.3 is 4.74 Å². The monoisotopic (exact) mass is 218 g/mol. The summed E-state index contributed by atoms with van der Waals surface area (Å²) in [6.07, 6.45) is -0.483. The van der Waals surface area contributed by atoms with Gasteiger partial charge >= 0.3 is 5.97 Å². The highest BCUT2D eigenvalue weighted by atomic mass is 19.2. The van der Waals surface area contributed by atoms with Gasteiger partial charge in [-0.25, -0.2) is 18.0 Å². The lowest BCUT2D eigenvalue weighted by Gasteiger charge is -2.08. The third-order valence-electron chi connectivity index (χ3n) is 1.56. The molecule has 1 aromatic rings. The van der Waals surface area contributed by atoms with E-state index >= 15 is 0 Å². The molecule has 0 aliphatic carbocycles. The van der Waals surface area contributed by atoms with Crippen LogP contribution in [0, 0.1) is 17.5 Å². The van der Waals surface area contributed by atoms with Gasteiger partial charge in [0.2, 0.25) is 0 Å². The molecule has 0 fully saturated rings. The lowest BCUT2D eigenvalue weighted by Crippen LogP contribution is -2.14. The Morgan fingerprint density at radius 1 is 1.27 bits per heavy atom. The number of benzene rings is 1. The lowest BCUT2D eigenvalue weighted by molar-refractivity contribution is 0.0370. The fourth-order valence-electron chi connectivity index (χ4n) is 0.982. The van der Waals surface area contributed by atoms with Crippen LogP contribution in [0.15, 0.2) is 12.1 Å². The van der Waals surface area contributed by atoms with Gasteiger partial charge in [-0.3, -0.25) is 0 Å². The molecule has 0 spiro atoms. The number of rotatable bonds is 2. The van der Waals surface area contributed by atoms with E-state index in [-0.39, 0.29) is 0 Å². The average molecular weight is 218 g/mol. The van der Waals surface area contributed by atoms with Gasteiger partial charge in [-0.1, -0.05) is 0 Å². The zero-order chi connectivity index (χ0) is 11.6. The average Bonchev–Trinajstić information content (AvgIpc) is 2.09. The summed E-state index contributed by atoms with van der Waals surface area (Å²) in [5.74, 6) is -4.92. The van der Waals surface area contributed by atoms with Gasteiger partial charge in [0, 0.05) is 6.07 Å². The van der Waals surface area contributed by atoms with E-state index in [4.69, 9.17) is 0 Å². The normalized spacial score (nSPS) is 10.5. The lowest BCUT2D eigenvalue weighted by atomic mass is 10.2. The second-order valence-corrected chi connectivity index (χ2v) is 3.20. The van der Waals surface area contributed by atoms with Gasteiger partial charge in [0.1, 0.15) is 11.4 Å². The van der Waals surface area contributed by atoms with Crippen molar-refractivity contribution in [1.29, 1.82) is 0 Å². The Labute approximate surface area is 84.7 Å². The first-order valence-corrected chi connectivity index (χ1v) is 4.27. The summed E-state index contributed by atoms with van der Waals surface area (Å²) in [7, 11) is 0. The van der Waals surface area contributed by atoms with E-state index in [1.807, 2.05) is 0 Å². The minimum absolute atomic E-state index is 0.363. The molecule has 0 radical (unpaired) electrons. The van der Waals surface area contributed by atoms with Crippen LogP contribution in [0.1, 0.15) is 24.2 Å². The zero-order valence-corrected chi connectivity index (χ0v) is 8.18. The molecule has 5 heteroatoms. The molecule has 0 aliphatic heterocycles. The number of ether oxygens (including phenoxy) is 1. The molecule has 0 atom stereocenters. The molecule has 0 saturated carbocycles. The van der Waals surface area contributed by atoms with E-state index in [1.54, 1.807) is 13.8 Å². The quantitative estimate of drug-likeness (QED) is 0.563. The second kappa shape index (κ2) is 4.33. The van der Waals surface area contributed by atoms with Crippen molar-refractivity contribution in [3.8, 4) is 0 Å². The third kappa shape index (κ3) is 2.71. The smallest absolute Gasteiger partial charge is 0.341 e. The summed E-state index contributed by atoms with van der Waals surface area (Å²) in [4.78, 5) is 11.2. The standard InChI is InChI=1S/C10H9F3O2/c1-5(2)15-10(14)7-3-6(11)4-8(12)9(7)13/h3-5H,1-2H3. The van der Waals surface area contributed by atoms with Crippen molar-refractivity contribution in [3.05, 3.63) is 35.1 Å². The van der Waals surface area contributed by atoms with Crippen molar-refractivity contribution < 1.29 is 22.7 Å². The molecule has 1 rings (SSSR count). The van der Waals surface area contributed by atoms with Crippen molar-refractivity contribution in [1.82, 2.24) is 0 Å². The first kappa shape index (κ1) is 11.6. The van der Waals surface area contributed by atoms with Crippen LogP contribution in [0.5, 0.6) is 0 Å². The number of hydrogen-bond acceptors (Lipinski definition) is 2. The molecule has 2 nitrogen and oxygen atoms in total. The van der Waals surface area contributed by atoms with Gasteiger partial charge in [-0.05, 0) is 19.9 Å². The highest BCUT2D eigenvalue weighted by Crippen LogP contribution is 2.15. The Morgan fingerprint density at radius 3 is 2.40 bits per heavy atom. The molecule has 0 unspecified atom stereocenters. The topological polar surface area (TPSA) is 26.3 Å². The Kier molecular flexibility index (Phi) is 3.34. The number of carbonyl (C=O) groups is 1. The number of hydrogen-bond donors (Lipinski definition) is 0. The minimum Gasteiger partial charge on any atom is -0.459 e. The summed E-state index contributed by atoms with van der Waals surface area (Å²) in [5.41, 5.74) is -0.735. The van der Waals surface area contributed by atoms with E-state index in [2.05, 4.69) is 4.74 Å². The van der Waals surface area contributed by atoms with Crippen LogP contribution in [0.2, 0.25) is 0 Å². The molecule has 0 heterocycles. The highest BCUT2D eigenvalue weighted by Gasteiger charge is 2.19. The Hall–Kier alpha value is -1.52. The first-order chi connectivity index (χ1) is 6.91. The highest BCUT2D eigenvalue weighted by molar-refractivity contribution is 5.89. The molecule has 1 aromatic carbocycles. The predicted octanol–water partition coefficient (Wildman–Crippen LogP) is 2.67.